The summed E-state index contributed by atoms with van der Waals surface area (Å²) in [4.78, 5) is 9.13. The summed E-state index contributed by atoms with van der Waals surface area (Å²) in [5.74, 6) is 2.04. The zero-order chi connectivity index (χ0) is 19.1. The molecule has 0 bridgehead atoms. The average Bonchev–Trinajstić information content (AvgIpc) is 3.06. The van der Waals surface area contributed by atoms with Crippen LogP contribution in [0.4, 0.5) is 5.82 Å². The first-order valence-electron chi connectivity index (χ1n) is 9.18. The molecule has 142 valence electrons. The van der Waals surface area contributed by atoms with Crippen molar-refractivity contribution in [2.24, 2.45) is 5.73 Å². The number of anilines is 1. The van der Waals surface area contributed by atoms with E-state index in [1.807, 2.05) is 39.0 Å². The maximum absolute atomic E-state index is 6.13. The van der Waals surface area contributed by atoms with Gasteiger partial charge in [0.15, 0.2) is 5.82 Å². The number of ether oxygens (including phenoxy) is 2. The van der Waals surface area contributed by atoms with Crippen LogP contribution in [0.3, 0.4) is 0 Å². The van der Waals surface area contributed by atoms with Gasteiger partial charge in [-0.15, -0.1) is 0 Å². The van der Waals surface area contributed by atoms with Crippen LogP contribution in [-0.2, 0) is 17.9 Å². The second-order valence-electron chi connectivity index (χ2n) is 5.42. The van der Waals surface area contributed by atoms with Crippen molar-refractivity contribution in [2.45, 2.75) is 40.8 Å². The summed E-state index contributed by atoms with van der Waals surface area (Å²) < 4.78 is 13.3. The van der Waals surface area contributed by atoms with Crippen LogP contribution in [0, 0.1) is 0 Å². The fraction of sp³-hybridized carbons (Fsp3) is 0.474. The molecule has 7 heteroatoms. The molecule has 0 amide bonds. The van der Waals surface area contributed by atoms with Gasteiger partial charge in [0.25, 0.3) is 0 Å². The number of fused-ring (bicyclic) bond motifs is 3. The number of nitrogens with two attached hydrogens (primary N) is 2. The highest BCUT2D eigenvalue weighted by atomic mass is 16.5. The molecule has 0 saturated carbocycles. The van der Waals surface area contributed by atoms with E-state index in [0.29, 0.717) is 37.7 Å². The van der Waals surface area contributed by atoms with Gasteiger partial charge in [0.05, 0.1) is 11.0 Å². The maximum atomic E-state index is 6.13. The van der Waals surface area contributed by atoms with Crippen LogP contribution in [0.5, 0.6) is 5.75 Å². The molecule has 2 aromatic heterocycles. The summed E-state index contributed by atoms with van der Waals surface area (Å²) in [6, 6.07) is 5.76. The lowest BCUT2D eigenvalue weighted by Gasteiger charge is -2.10. The lowest BCUT2D eigenvalue weighted by molar-refractivity contribution is 0.126. The van der Waals surface area contributed by atoms with Gasteiger partial charge < -0.3 is 25.5 Å². The number of rotatable bonds is 7. The molecular weight excluding hydrogens is 330 g/mol. The Labute approximate surface area is 154 Å². The van der Waals surface area contributed by atoms with E-state index in [4.69, 9.17) is 20.9 Å². The van der Waals surface area contributed by atoms with Crippen molar-refractivity contribution in [3.63, 3.8) is 0 Å². The number of aromatic nitrogens is 3. The normalized spacial score (nSPS) is 10.8. The summed E-state index contributed by atoms with van der Waals surface area (Å²) >= 11 is 0. The Morgan fingerprint density at radius 3 is 2.58 bits per heavy atom. The van der Waals surface area contributed by atoms with Crippen LogP contribution < -0.4 is 16.2 Å². The molecule has 26 heavy (non-hydrogen) atoms. The van der Waals surface area contributed by atoms with E-state index in [0.717, 1.165) is 34.5 Å². The van der Waals surface area contributed by atoms with E-state index in [1.54, 1.807) is 0 Å². The average molecular weight is 359 g/mol. The Morgan fingerprint density at radius 2 is 1.92 bits per heavy atom. The van der Waals surface area contributed by atoms with E-state index in [-0.39, 0.29) is 0 Å². The summed E-state index contributed by atoms with van der Waals surface area (Å²) in [7, 11) is 0. The molecule has 0 aliphatic carbocycles. The minimum absolute atomic E-state index is 0.429. The van der Waals surface area contributed by atoms with E-state index >= 15 is 0 Å². The Morgan fingerprint density at radius 1 is 1.15 bits per heavy atom. The Bertz CT molecular complexity index is 860. The number of hydrogen-bond donors (Lipinski definition) is 2. The summed E-state index contributed by atoms with van der Waals surface area (Å²) in [6.07, 6.45) is 0. The highest BCUT2D eigenvalue weighted by molar-refractivity contribution is 6.07. The van der Waals surface area contributed by atoms with Gasteiger partial charge in [0, 0.05) is 25.1 Å². The van der Waals surface area contributed by atoms with Crippen molar-refractivity contribution in [2.75, 3.05) is 25.5 Å². The molecule has 0 aliphatic rings. The van der Waals surface area contributed by atoms with E-state index in [2.05, 4.69) is 21.5 Å². The first-order chi connectivity index (χ1) is 12.7. The highest BCUT2D eigenvalue weighted by Crippen LogP contribution is 2.31. The van der Waals surface area contributed by atoms with Crippen LogP contribution in [-0.4, -0.2) is 34.3 Å². The molecule has 0 saturated heterocycles. The van der Waals surface area contributed by atoms with Crippen LogP contribution in [0.2, 0.25) is 0 Å². The summed E-state index contributed by atoms with van der Waals surface area (Å²) in [5.41, 5.74) is 14.1. The second kappa shape index (κ2) is 9.35. The molecule has 0 spiro atoms. The molecule has 1 aromatic carbocycles. The number of hydrogen-bond acceptors (Lipinski definition) is 6. The highest BCUT2D eigenvalue weighted by Gasteiger charge is 2.17. The van der Waals surface area contributed by atoms with Gasteiger partial charge in [-0.05, 0) is 32.0 Å². The van der Waals surface area contributed by atoms with E-state index < -0.39 is 0 Å². The third kappa shape index (κ3) is 3.89. The topological polar surface area (TPSA) is 101 Å². The molecule has 7 nitrogen and oxygen atoms in total. The standard InChI is InChI=1S/C17H23N5O2.C2H6/c1-3-22-14(10-23-4-2)21-15-16(22)12-9-11(24-8-7-18)5-6-13(12)20-17(15)19;1-2/h5-6,9H,3-4,7-8,10,18H2,1-2H3,(H2,19,20);1-2H3. The van der Waals surface area contributed by atoms with Gasteiger partial charge in [-0.3, -0.25) is 0 Å². The molecule has 0 aliphatic heterocycles. The monoisotopic (exact) mass is 359 g/mol. The van der Waals surface area contributed by atoms with Crippen molar-refractivity contribution in [1.29, 1.82) is 0 Å². The smallest absolute Gasteiger partial charge is 0.152 e. The second-order valence-corrected chi connectivity index (χ2v) is 5.42. The Balaban J connectivity index is 0.00000117. The quantitative estimate of drug-likeness (QED) is 0.672. The van der Waals surface area contributed by atoms with Crippen molar-refractivity contribution < 1.29 is 9.47 Å². The first-order valence-corrected chi connectivity index (χ1v) is 9.18. The first kappa shape index (κ1) is 19.9. The molecular formula is C19H29N5O2. The van der Waals surface area contributed by atoms with Crippen LogP contribution >= 0.6 is 0 Å². The predicted octanol–water partition coefficient (Wildman–Crippen LogP) is 3.09. The SMILES string of the molecule is CC.CCOCc1nc2c(N)nc3ccc(OCCN)cc3c2n1CC. The lowest BCUT2D eigenvalue weighted by atomic mass is 10.1. The predicted molar refractivity (Wildman–Crippen MR) is 106 cm³/mol. The molecule has 0 atom stereocenters. The van der Waals surface area contributed by atoms with Gasteiger partial charge in [-0.1, -0.05) is 13.8 Å². The Kier molecular flexibility index (Phi) is 7.17. The summed E-state index contributed by atoms with van der Waals surface area (Å²) in [6.45, 7) is 10.8. The van der Waals surface area contributed by atoms with Crippen LogP contribution in [0.1, 0.15) is 33.5 Å². The van der Waals surface area contributed by atoms with Crippen molar-refractivity contribution in [3.8, 4) is 5.75 Å². The molecule has 3 rings (SSSR count). The van der Waals surface area contributed by atoms with Gasteiger partial charge in [-0.2, -0.15) is 0 Å². The van der Waals surface area contributed by atoms with Crippen molar-refractivity contribution in [1.82, 2.24) is 14.5 Å². The minimum Gasteiger partial charge on any atom is -0.492 e. The zero-order valence-corrected chi connectivity index (χ0v) is 16.1. The third-order valence-electron chi connectivity index (χ3n) is 3.89. The molecule has 0 radical (unpaired) electrons. The Hall–Kier alpha value is -2.38. The number of nitrogen functional groups attached to an aromatic ring is 1. The van der Waals surface area contributed by atoms with E-state index in [9.17, 15) is 0 Å². The largest absolute Gasteiger partial charge is 0.492 e. The molecule has 0 fully saturated rings. The van der Waals surface area contributed by atoms with Crippen molar-refractivity contribution >= 4 is 27.8 Å². The van der Waals surface area contributed by atoms with Gasteiger partial charge >= 0.3 is 0 Å². The fourth-order valence-electron chi connectivity index (χ4n) is 2.85. The molecule has 2 heterocycles. The van der Waals surface area contributed by atoms with Crippen LogP contribution in [0.15, 0.2) is 18.2 Å². The van der Waals surface area contributed by atoms with Gasteiger partial charge in [0.1, 0.15) is 30.3 Å². The molecule has 4 N–H and O–H groups in total. The van der Waals surface area contributed by atoms with Crippen LogP contribution in [0.25, 0.3) is 21.9 Å². The van der Waals surface area contributed by atoms with Crippen molar-refractivity contribution in [3.05, 3.63) is 24.0 Å². The number of imidazole rings is 1. The van der Waals surface area contributed by atoms with Gasteiger partial charge in [0.2, 0.25) is 0 Å². The number of aryl methyl sites for hydroxylation is 1. The number of nitrogens with zero attached hydrogens (tertiary/aromatic N) is 3. The fourth-order valence-corrected chi connectivity index (χ4v) is 2.85. The number of pyridine rings is 1. The third-order valence-corrected chi connectivity index (χ3v) is 3.89. The number of benzene rings is 1. The minimum atomic E-state index is 0.429. The lowest BCUT2D eigenvalue weighted by Crippen LogP contribution is -2.10. The summed E-state index contributed by atoms with van der Waals surface area (Å²) in [5, 5.41) is 0.964. The zero-order valence-electron chi connectivity index (χ0n) is 16.1. The van der Waals surface area contributed by atoms with Gasteiger partial charge in [-0.25, -0.2) is 9.97 Å². The van der Waals surface area contributed by atoms with E-state index in [1.165, 1.54) is 0 Å². The maximum Gasteiger partial charge on any atom is 0.152 e. The molecule has 3 aromatic rings. The molecule has 0 unspecified atom stereocenters.